The first-order valence-corrected chi connectivity index (χ1v) is 22.1. The number of anilines is 2. The molecule has 0 spiro atoms. The summed E-state index contributed by atoms with van der Waals surface area (Å²) in [7, 11) is 0. The summed E-state index contributed by atoms with van der Waals surface area (Å²) >= 11 is 0. The van der Waals surface area contributed by atoms with Crippen LogP contribution in [0.1, 0.15) is 27.8 Å². The smallest absolute Gasteiger partial charge is 0.0991 e. The van der Waals surface area contributed by atoms with Crippen molar-refractivity contribution in [2.24, 2.45) is 0 Å². The van der Waals surface area contributed by atoms with E-state index in [1.807, 2.05) is 24.3 Å². The van der Waals surface area contributed by atoms with Crippen molar-refractivity contribution in [2.75, 3.05) is 5.32 Å². The van der Waals surface area contributed by atoms with Crippen LogP contribution in [0.15, 0.2) is 243 Å². The molecule has 0 saturated heterocycles. The molecule has 1 N–H and O–H groups in total. The summed E-state index contributed by atoms with van der Waals surface area (Å²) in [6, 6.07) is 89.6. The number of aromatic nitrogens is 1. The third-order valence-electron chi connectivity index (χ3n) is 13.3. The van der Waals surface area contributed by atoms with Gasteiger partial charge in [-0.1, -0.05) is 176 Å². The monoisotopic (exact) mass is 827 g/mol. The predicted octanol–water partition coefficient (Wildman–Crippen LogP) is 15.8. The normalized spacial score (nSPS) is 12.4. The van der Waals surface area contributed by atoms with Crippen LogP contribution in [0, 0.1) is 11.3 Å². The van der Waals surface area contributed by atoms with E-state index in [-0.39, 0.29) is 0 Å². The van der Waals surface area contributed by atoms with Crippen LogP contribution in [0.25, 0.3) is 72.0 Å². The molecule has 3 nitrogen and oxygen atoms in total. The first kappa shape index (κ1) is 38.0. The number of hydrogen-bond acceptors (Lipinski definition) is 2. The van der Waals surface area contributed by atoms with E-state index in [4.69, 9.17) is 0 Å². The Morgan fingerprint density at radius 3 is 1.68 bits per heavy atom. The third kappa shape index (κ3) is 6.27. The quantitative estimate of drug-likeness (QED) is 0.166. The molecule has 0 radical (unpaired) electrons. The van der Waals surface area contributed by atoms with Gasteiger partial charge in [-0.05, 0) is 128 Å². The van der Waals surface area contributed by atoms with Crippen LogP contribution in [0.4, 0.5) is 11.4 Å². The molecular weight excluding hydrogens is 787 g/mol. The Bertz CT molecular complexity index is 3560. The Morgan fingerprint density at radius 2 is 0.954 bits per heavy atom. The van der Waals surface area contributed by atoms with Gasteiger partial charge in [-0.2, -0.15) is 5.26 Å². The number of nitriles is 1. The number of fused-ring (bicyclic) bond motifs is 6. The first-order valence-electron chi connectivity index (χ1n) is 22.1. The van der Waals surface area contributed by atoms with Crippen molar-refractivity contribution in [3.05, 3.63) is 270 Å². The second-order valence-corrected chi connectivity index (χ2v) is 16.9. The molecule has 1 aromatic heterocycles. The Balaban J connectivity index is 0.965. The lowest BCUT2D eigenvalue weighted by Gasteiger charge is -2.34. The summed E-state index contributed by atoms with van der Waals surface area (Å²) in [6.45, 7) is 0. The van der Waals surface area contributed by atoms with E-state index in [2.05, 4.69) is 234 Å². The molecule has 0 amide bonds. The molecule has 0 atom stereocenters. The minimum atomic E-state index is -0.483. The fraction of sp³-hybridized carbons (Fsp3) is 0.0161. The molecule has 304 valence electrons. The molecule has 10 aromatic carbocycles. The molecule has 1 aliphatic rings. The molecule has 65 heavy (non-hydrogen) atoms. The number of para-hydroxylation sites is 1. The van der Waals surface area contributed by atoms with Gasteiger partial charge in [0, 0.05) is 33.4 Å². The van der Waals surface area contributed by atoms with Gasteiger partial charge in [-0.3, -0.25) is 0 Å². The number of nitrogens with zero attached hydrogens (tertiary/aromatic N) is 2. The molecule has 11 aromatic rings. The summed E-state index contributed by atoms with van der Waals surface area (Å²) in [5.41, 5.74) is 20.1. The van der Waals surface area contributed by atoms with Crippen LogP contribution < -0.4 is 5.32 Å². The van der Waals surface area contributed by atoms with Crippen molar-refractivity contribution in [3.63, 3.8) is 0 Å². The second-order valence-electron chi connectivity index (χ2n) is 16.9. The fourth-order valence-corrected chi connectivity index (χ4v) is 10.3. The Kier molecular flexibility index (Phi) is 9.11. The van der Waals surface area contributed by atoms with E-state index in [1.54, 1.807) is 0 Å². The zero-order valence-electron chi connectivity index (χ0n) is 35.5. The summed E-state index contributed by atoms with van der Waals surface area (Å²) in [6.07, 6.45) is 0. The predicted molar refractivity (Wildman–Crippen MR) is 269 cm³/mol. The highest BCUT2D eigenvalue weighted by Crippen LogP contribution is 2.56. The van der Waals surface area contributed by atoms with E-state index >= 15 is 0 Å². The lowest BCUT2D eigenvalue weighted by atomic mass is 9.67. The van der Waals surface area contributed by atoms with E-state index in [1.165, 1.54) is 55.2 Å². The van der Waals surface area contributed by atoms with Gasteiger partial charge in [-0.15, -0.1) is 0 Å². The van der Waals surface area contributed by atoms with E-state index < -0.39 is 5.41 Å². The van der Waals surface area contributed by atoms with Gasteiger partial charge in [0.05, 0.1) is 28.1 Å². The van der Waals surface area contributed by atoms with Crippen molar-refractivity contribution in [2.45, 2.75) is 5.41 Å². The van der Waals surface area contributed by atoms with Gasteiger partial charge in [0.1, 0.15) is 0 Å². The standard InChI is InChI=1S/C62H41N3/c63-41-42-24-26-43(27-25-42)44-28-32-50(33-29-44)64-59-36-30-46(38-55(59)45-14-4-1-5-15-45)47-31-37-61-56(39-47)54-21-11-13-23-60(54)65(61)51-34-35-53-52-20-10-12-22-57(52)62(58(53)40-51,48-16-6-2-7-17-48)49-18-8-3-9-19-49/h1-40,64H. The topological polar surface area (TPSA) is 40.8 Å². The highest BCUT2D eigenvalue weighted by atomic mass is 15.0. The SMILES string of the molecule is N#Cc1ccc(-c2ccc(Nc3ccc(-c4ccc5c(c4)c4ccccc4n5-c4ccc5c(c4)C(c4ccccc4)(c4ccccc4)c4ccccc4-5)cc3-c3ccccc3)cc2)cc1. The maximum Gasteiger partial charge on any atom is 0.0991 e. The van der Waals surface area contributed by atoms with E-state index in [9.17, 15) is 5.26 Å². The highest BCUT2D eigenvalue weighted by molar-refractivity contribution is 6.10. The zero-order valence-corrected chi connectivity index (χ0v) is 35.5. The first-order chi connectivity index (χ1) is 32.2. The van der Waals surface area contributed by atoms with Crippen molar-refractivity contribution < 1.29 is 0 Å². The van der Waals surface area contributed by atoms with Gasteiger partial charge in [0.15, 0.2) is 0 Å². The highest BCUT2D eigenvalue weighted by Gasteiger charge is 2.46. The van der Waals surface area contributed by atoms with Gasteiger partial charge in [-0.25, -0.2) is 0 Å². The average molecular weight is 828 g/mol. The lowest BCUT2D eigenvalue weighted by Crippen LogP contribution is -2.28. The summed E-state index contributed by atoms with van der Waals surface area (Å²) < 4.78 is 2.45. The molecule has 1 heterocycles. The summed E-state index contributed by atoms with van der Waals surface area (Å²) in [4.78, 5) is 0. The largest absolute Gasteiger partial charge is 0.355 e. The van der Waals surface area contributed by atoms with Crippen LogP contribution in [-0.2, 0) is 5.41 Å². The van der Waals surface area contributed by atoms with Gasteiger partial charge in [0.25, 0.3) is 0 Å². The van der Waals surface area contributed by atoms with Gasteiger partial charge >= 0.3 is 0 Å². The number of nitrogens with one attached hydrogen (secondary N) is 1. The van der Waals surface area contributed by atoms with Crippen molar-refractivity contribution in [1.82, 2.24) is 4.57 Å². The number of hydrogen-bond donors (Lipinski definition) is 1. The summed E-state index contributed by atoms with van der Waals surface area (Å²) in [5.74, 6) is 0. The number of benzene rings is 10. The molecule has 3 heteroatoms. The Hall–Kier alpha value is -8.71. The zero-order chi connectivity index (χ0) is 43.3. The second kappa shape index (κ2) is 15.6. The minimum absolute atomic E-state index is 0.483. The van der Waals surface area contributed by atoms with Crippen LogP contribution in [0.3, 0.4) is 0 Å². The molecule has 0 unspecified atom stereocenters. The van der Waals surface area contributed by atoms with E-state index in [0.29, 0.717) is 5.56 Å². The van der Waals surface area contributed by atoms with Gasteiger partial charge in [0.2, 0.25) is 0 Å². The fourth-order valence-electron chi connectivity index (χ4n) is 10.3. The van der Waals surface area contributed by atoms with E-state index in [0.717, 1.165) is 50.4 Å². The molecule has 0 aliphatic heterocycles. The molecule has 0 bridgehead atoms. The number of rotatable bonds is 8. The van der Waals surface area contributed by atoms with Crippen LogP contribution in [0.5, 0.6) is 0 Å². The molecule has 12 rings (SSSR count). The van der Waals surface area contributed by atoms with Crippen LogP contribution in [0.2, 0.25) is 0 Å². The van der Waals surface area contributed by atoms with Gasteiger partial charge < -0.3 is 9.88 Å². The van der Waals surface area contributed by atoms with Crippen molar-refractivity contribution in [1.29, 1.82) is 5.26 Å². The lowest BCUT2D eigenvalue weighted by molar-refractivity contribution is 0.767. The molecule has 0 saturated carbocycles. The molecular formula is C62H41N3. The average Bonchev–Trinajstić information content (AvgIpc) is 3.87. The Labute approximate surface area is 378 Å². The maximum absolute atomic E-state index is 9.24. The van der Waals surface area contributed by atoms with Crippen LogP contribution in [-0.4, -0.2) is 4.57 Å². The molecule has 0 fully saturated rings. The third-order valence-corrected chi connectivity index (χ3v) is 13.3. The summed E-state index contributed by atoms with van der Waals surface area (Å²) in [5, 5.41) is 15.4. The Morgan fingerprint density at radius 1 is 0.385 bits per heavy atom. The minimum Gasteiger partial charge on any atom is -0.355 e. The maximum atomic E-state index is 9.24. The molecule has 1 aliphatic carbocycles. The van der Waals surface area contributed by atoms with Crippen molar-refractivity contribution >= 4 is 33.2 Å². The van der Waals surface area contributed by atoms with Crippen LogP contribution >= 0.6 is 0 Å². The van der Waals surface area contributed by atoms with Crippen molar-refractivity contribution in [3.8, 4) is 56.3 Å².